The molecule has 0 aliphatic carbocycles. The number of nitrogens with zero attached hydrogens (tertiary/aromatic N) is 2. The summed E-state index contributed by atoms with van der Waals surface area (Å²) in [6.07, 6.45) is 2.44. The van der Waals surface area contributed by atoms with Crippen molar-refractivity contribution in [2.24, 2.45) is 5.41 Å². The van der Waals surface area contributed by atoms with Crippen LogP contribution in [-0.4, -0.2) is 35.1 Å². The first-order valence-electron chi connectivity index (χ1n) is 8.10. The zero-order chi connectivity index (χ0) is 17.5. The molecule has 0 fully saturated rings. The number of halogens is 2. The summed E-state index contributed by atoms with van der Waals surface area (Å²) in [4.78, 5) is 9.68. The summed E-state index contributed by atoms with van der Waals surface area (Å²) in [5.74, 6) is -1.90. The number of fused-ring (bicyclic) bond motifs is 1. The third-order valence-electron chi connectivity index (χ3n) is 4.29. The fourth-order valence-corrected chi connectivity index (χ4v) is 3.36. The van der Waals surface area contributed by atoms with Crippen molar-refractivity contribution in [1.82, 2.24) is 14.9 Å². The predicted octanol–water partition coefficient (Wildman–Crippen LogP) is 3.69. The molecule has 1 aromatic heterocycles. The number of hydrogen-bond donors (Lipinski definition) is 1. The summed E-state index contributed by atoms with van der Waals surface area (Å²) in [6, 6.07) is 2.67. The third kappa shape index (κ3) is 3.02. The molecule has 0 radical (unpaired) electrons. The fraction of sp³-hybridized carbons (Fsp3) is 0.500. The van der Waals surface area contributed by atoms with Gasteiger partial charge in [0.05, 0.1) is 25.2 Å². The van der Waals surface area contributed by atoms with E-state index < -0.39 is 17.7 Å². The van der Waals surface area contributed by atoms with E-state index in [1.54, 1.807) is 12.4 Å². The molecule has 3 rings (SSSR count). The molecule has 1 aliphatic heterocycles. The minimum atomic E-state index is -0.951. The molecule has 130 valence electrons. The van der Waals surface area contributed by atoms with Crippen molar-refractivity contribution < 1.29 is 13.5 Å². The van der Waals surface area contributed by atoms with Crippen LogP contribution in [0.5, 0.6) is 5.75 Å². The van der Waals surface area contributed by atoms with Gasteiger partial charge >= 0.3 is 0 Å². The van der Waals surface area contributed by atoms with Crippen LogP contribution in [0.2, 0.25) is 0 Å². The van der Waals surface area contributed by atoms with Crippen molar-refractivity contribution in [3.8, 4) is 5.75 Å². The van der Waals surface area contributed by atoms with E-state index in [1.165, 1.54) is 13.2 Å². The molecule has 0 amide bonds. The van der Waals surface area contributed by atoms with Gasteiger partial charge in [0.1, 0.15) is 0 Å². The van der Waals surface area contributed by atoms with E-state index >= 15 is 0 Å². The van der Waals surface area contributed by atoms with Crippen molar-refractivity contribution in [2.75, 3.05) is 20.2 Å². The van der Waals surface area contributed by atoms with E-state index in [0.29, 0.717) is 5.56 Å². The Morgan fingerprint density at radius 2 is 2.04 bits per heavy atom. The van der Waals surface area contributed by atoms with Crippen LogP contribution in [0.4, 0.5) is 8.78 Å². The summed E-state index contributed by atoms with van der Waals surface area (Å²) in [5, 5.41) is 0. The van der Waals surface area contributed by atoms with E-state index in [-0.39, 0.29) is 11.2 Å². The molecule has 0 saturated heterocycles. The van der Waals surface area contributed by atoms with Crippen molar-refractivity contribution in [3.63, 3.8) is 0 Å². The van der Waals surface area contributed by atoms with E-state index in [4.69, 9.17) is 4.74 Å². The quantitative estimate of drug-likeness (QED) is 0.930. The summed E-state index contributed by atoms with van der Waals surface area (Å²) in [5.41, 5.74) is 2.09. The molecule has 0 saturated carbocycles. The lowest BCUT2D eigenvalue weighted by atomic mass is 9.90. The van der Waals surface area contributed by atoms with Crippen molar-refractivity contribution >= 4 is 0 Å². The second kappa shape index (κ2) is 6.16. The van der Waals surface area contributed by atoms with Crippen molar-refractivity contribution in [1.29, 1.82) is 0 Å². The average Bonchev–Trinajstić information content (AvgIpc) is 2.97. The maximum Gasteiger partial charge on any atom is 0.200 e. The summed E-state index contributed by atoms with van der Waals surface area (Å²) < 4.78 is 33.8. The lowest BCUT2D eigenvalue weighted by molar-refractivity contribution is 0.143. The van der Waals surface area contributed by atoms with E-state index in [1.807, 2.05) is 0 Å². The molecule has 24 heavy (non-hydrogen) atoms. The number of aromatic amines is 1. The molecule has 1 aliphatic rings. The Balaban J connectivity index is 2.09. The lowest BCUT2D eigenvalue weighted by Gasteiger charge is -2.39. The van der Waals surface area contributed by atoms with Crippen LogP contribution in [-0.2, 0) is 6.42 Å². The van der Waals surface area contributed by atoms with Gasteiger partial charge in [-0.1, -0.05) is 26.8 Å². The number of nitrogens with one attached hydrogen (secondary N) is 1. The van der Waals surface area contributed by atoms with Crippen LogP contribution in [0.15, 0.2) is 18.5 Å². The Morgan fingerprint density at radius 3 is 2.71 bits per heavy atom. The standard InChI is InChI=1S/C18H23F2N3O/c1-18(2,3)9-23-8-7-12-16(22-10-21-12)17(23)11-5-6-13(24-4)15(20)14(11)19/h5-6,10,17H,7-9H2,1-4H3,(H,21,22)/t17-/m0/s1. The van der Waals surface area contributed by atoms with Crippen LogP contribution in [0.1, 0.15) is 43.8 Å². The summed E-state index contributed by atoms with van der Waals surface area (Å²) in [6.45, 7) is 7.93. The number of rotatable bonds is 3. The number of aromatic nitrogens is 2. The Hall–Kier alpha value is -1.95. The minimum absolute atomic E-state index is 0.0353. The van der Waals surface area contributed by atoms with Gasteiger partial charge in [0.25, 0.3) is 0 Å². The monoisotopic (exact) mass is 335 g/mol. The number of methoxy groups -OCH3 is 1. The van der Waals surface area contributed by atoms with Gasteiger partial charge in [-0.2, -0.15) is 4.39 Å². The zero-order valence-electron chi connectivity index (χ0n) is 14.5. The lowest BCUT2D eigenvalue weighted by Crippen LogP contribution is -2.41. The molecule has 1 N–H and O–H groups in total. The highest BCUT2D eigenvalue weighted by molar-refractivity contribution is 5.38. The van der Waals surface area contributed by atoms with Gasteiger partial charge in [-0.05, 0) is 11.5 Å². The van der Waals surface area contributed by atoms with Gasteiger partial charge in [-0.15, -0.1) is 0 Å². The molecular formula is C18H23F2N3O. The Morgan fingerprint density at radius 1 is 1.29 bits per heavy atom. The first kappa shape index (κ1) is 16.9. The highest BCUT2D eigenvalue weighted by Gasteiger charge is 2.35. The largest absolute Gasteiger partial charge is 0.494 e. The SMILES string of the molecule is COc1ccc([C@H]2c3nc[nH]c3CCN2CC(C)(C)C)c(F)c1F. The van der Waals surface area contributed by atoms with E-state index in [2.05, 4.69) is 35.6 Å². The van der Waals surface area contributed by atoms with Crippen molar-refractivity contribution in [3.05, 3.63) is 47.0 Å². The van der Waals surface area contributed by atoms with Crippen LogP contribution in [0, 0.1) is 17.0 Å². The minimum Gasteiger partial charge on any atom is -0.494 e. The molecule has 1 aromatic carbocycles. The van der Waals surface area contributed by atoms with Gasteiger partial charge in [0, 0.05) is 30.8 Å². The Labute approximate surface area is 140 Å². The molecule has 2 heterocycles. The first-order chi connectivity index (χ1) is 11.3. The van der Waals surface area contributed by atoms with E-state index in [9.17, 15) is 8.78 Å². The highest BCUT2D eigenvalue weighted by Crippen LogP contribution is 2.38. The van der Waals surface area contributed by atoms with Gasteiger partial charge in [-0.3, -0.25) is 4.90 Å². The van der Waals surface area contributed by atoms with E-state index in [0.717, 1.165) is 30.9 Å². The van der Waals surface area contributed by atoms with Gasteiger partial charge < -0.3 is 9.72 Å². The normalized spacial score (nSPS) is 18.5. The van der Waals surface area contributed by atoms with Crippen LogP contribution >= 0.6 is 0 Å². The van der Waals surface area contributed by atoms with Gasteiger partial charge in [-0.25, -0.2) is 9.37 Å². The number of H-pyrrole nitrogens is 1. The number of benzene rings is 1. The van der Waals surface area contributed by atoms with Gasteiger partial charge in [0.15, 0.2) is 11.6 Å². The molecule has 2 aromatic rings. The fourth-order valence-electron chi connectivity index (χ4n) is 3.36. The maximum absolute atomic E-state index is 14.7. The molecule has 4 nitrogen and oxygen atoms in total. The topological polar surface area (TPSA) is 41.1 Å². The second-order valence-corrected chi connectivity index (χ2v) is 7.44. The molecule has 0 unspecified atom stereocenters. The Bertz CT molecular complexity index is 736. The molecule has 1 atom stereocenters. The summed E-state index contributed by atoms with van der Waals surface area (Å²) in [7, 11) is 1.33. The summed E-state index contributed by atoms with van der Waals surface area (Å²) >= 11 is 0. The molecule has 6 heteroatoms. The number of ether oxygens (including phenoxy) is 1. The second-order valence-electron chi connectivity index (χ2n) is 7.44. The smallest absolute Gasteiger partial charge is 0.200 e. The maximum atomic E-state index is 14.7. The van der Waals surface area contributed by atoms with Crippen LogP contribution < -0.4 is 4.74 Å². The molecule has 0 bridgehead atoms. The molecular weight excluding hydrogens is 312 g/mol. The van der Waals surface area contributed by atoms with Crippen LogP contribution in [0.3, 0.4) is 0 Å². The molecule has 0 spiro atoms. The van der Waals surface area contributed by atoms with Gasteiger partial charge in [0.2, 0.25) is 5.82 Å². The van der Waals surface area contributed by atoms with Crippen molar-refractivity contribution in [2.45, 2.75) is 33.2 Å². The van der Waals surface area contributed by atoms with Crippen LogP contribution in [0.25, 0.3) is 0 Å². The third-order valence-corrected chi connectivity index (χ3v) is 4.29. The number of hydrogen-bond acceptors (Lipinski definition) is 3. The average molecular weight is 335 g/mol. The Kier molecular flexibility index (Phi) is 4.34. The predicted molar refractivity (Wildman–Crippen MR) is 88.1 cm³/mol. The highest BCUT2D eigenvalue weighted by atomic mass is 19.2. The first-order valence-corrected chi connectivity index (χ1v) is 8.10. The zero-order valence-corrected chi connectivity index (χ0v) is 14.5. The number of imidazole rings is 1.